The first kappa shape index (κ1) is 9.85. The van der Waals surface area contributed by atoms with Gasteiger partial charge in [-0.3, -0.25) is 10.1 Å². The van der Waals surface area contributed by atoms with E-state index in [9.17, 15) is 10.1 Å². The van der Waals surface area contributed by atoms with Gasteiger partial charge in [0.15, 0.2) is 0 Å². The molecule has 0 radical (unpaired) electrons. The van der Waals surface area contributed by atoms with Gasteiger partial charge in [-0.15, -0.1) is 0 Å². The summed E-state index contributed by atoms with van der Waals surface area (Å²) in [5.74, 6) is -1.95. The number of nitro benzene ring substituents is 1. The largest absolute Gasteiger partial charge is 0.502 e. The molecule has 0 aliphatic carbocycles. The summed E-state index contributed by atoms with van der Waals surface area (Å²) in [6.45, 7) is 0. The predicted molar refractivity (Wildman–Crippen MR) is 47.9 cm³/mol. The molecule has 14 heavy (non-hydrogen) atoms. The average Bonchev–Trinajstić information content (AvgIpc) is 2.16. The van der Waals surface area contributed by atoms with E-state index in [-0.39, 0.29) is 11.3 Å². The summed E-state index contributed by atoms with van der Waals surface area (Å²) in [7, 11) is 0. The maximum atomic E-state index is 10.2. The monoisotopic (exact) mass is 197 g/mol. The third kappa shape index (κ3) is 1.92. The van der Waals surface area contributed by atoms with E-state index in [4.69, 9.17) is 15.3 Å². The number of rotatable bonds is 2. The molecule has 0 amide bonds. The lowest BCUT2D eigenvalue weighted by Gasteiger charge is -1.99. The normalized spacial score (nSPS) is 9.43. The van der Waals surface area contributed by atoms with Crippen molar-refractivity contribution in [3.63, 3.8) is 0 Å². The van der Waals surface area contributed by atoms with Crippen molar-refractivity contribution in [2.45, 2.75) is 0 Å². The molecule has 0 unspecified atom stereocenters. The number of benzene rings is 1. The molecule has 0 saturated heterocycles. The van der Waals surface area contributed by atoms with Crippen LogP contribution in [0.25, 0.3) is 5.76 Å². The van der Waals surface area contributed by atoms with Crippen molar-refractivity contribution in [3.05, 3.63) is 45.9 Å². The van der Waals surface area contributed by atoms with Crippen LogP contribution < -0.4 is 0 Å². The minimum absolute atomic E-state index is 0.0931. The van der Waals surface area contributed by atoms with E-state index in [1.807, 2.05) is 0 Å². The van der Waals surface area contributed by atoms with Crippen molar-refractivity contribution < 1.29 is 20.2 Å². The quantitative estimate of drug-likeness (QED) is 0.381. The highest BCUT2D eigenvalue weighted by molar-refractivity contribution is 5.59. The summed E-state index contributed by atoms with van der Waals surface area (Å²) in [5.41, 5.74) is -0.0467. The molecule has 0 aliphatic rings. The van der Waals surface area contributed by atoms with E-state index < -0.39 is 16.6 Å². The number of aliphatic hydroxyl groups is 3. The van der Waals surface area contributed by atoms with Crippen molar-refractivity contribution >= 4 is 11.4 Å². The molecular weight excluding hydrogens is 190 g/mol. The molecule has 0 heterocycles. The Morgan fingerprint density at radius 3 is 2.00 bits per heavy atom. The van der Waals surface area contributed by atoms with Crippen LogP contribution >= 0.6 is 0 Å². The van der Waals surface area contributed by atoms with Gasteiger partial charge in [-0.1, -0.05) is 0 Å². The highest BCUT2D eigenvalue weighted by atomic mass is 16.6. The Kier molecular flexibility index (Phi) is 2.57. The Morgan fingerprint density at radius 2 is 1.64 bits per heavy atom. The zero-order valence-electron chi connectivity index (χ0n) is 6.91. The van der Waals surface area contributed by atoms with Gasteiger partial charge in [-0.05, 0) is 12.1 Å². The lowest BCUT2D eigenvalue weighted by Crippen LogP contribution is -1.91. The van der Waals surface area contributed by atoms with Gasteiger partial charge in [0, 0.05) is 17.7 Å². The Balaban J connectivity index is 3.06. The Labute approximate surface area is 78.5 Å². The molecule has 0 saturated carbocycles. The maximum Gasteiger partial charge on any atom is 0.318 e. The second-order valence-electron chi connectivity index (χ2n) is 2.48. The molecule has 1 aromatic rings. The summed E-state index contributed by atoms with van der Waals surface area (Å²) in [4.78, 5) is 9.65. The molecule has 0 bridgehead atoms. The third-order valence-corrected chi connectivity index (χ3v) is 1.56. The van der Waals surface area contributed by atoms with Gasteiger partial charge in [0.25, 0.3) is 5.69 Å². The predicted octanol–water partition coefficient (Wildman–Crippen LogP) is 1.89. The van der Waals surface area contributed by atoms with E-state index in [1.165, 1.54) is 12.1 Å². The highest BCUT2D eigenvalue weighted by Crippen LogP contribution is 2.17. The Morgan fingerprint density at radius 1 is 1.14 bits per heavy atom. The summed E-state index contributed by atoms with van der Waals surface area (Å²) in [5, 5.41) is 36.3. The van der Waals surface area contributed by atoms with Crippen molar-refractivity contribution in [1.82, 2.24) is 0 Å². The van der Waals surface area contributed by atoms with Crippen LogP contribution in [0.5, 0.6) is 0 Å². The molecule has 6 heteroatoms. The molecule has 0 aliphatic heterocycles. The lowest BCUT2D eigenvalue weighted by atomic mass is 10.2. The number of non-ortho nitro benzene ring substituents is 1. The van der Waals surface area contributed by atoms with E-state index >= 15 is 0 Å². The fraction of sp³-hybridized carbons (Fsp3) is 0. The van der Waals surface area contributed by atoms with E-state index in [0.29, 0.717) is 0 Å². The standard InChI is InChI=1S/C8H7NO5/c10-7(8(11)12)5-1-3-6(4-2-5)9(13)14/h1-4,10-12H. The summed E-state index contributed by atoms with van der Waals surface area (Å²) in [6.07, 6.45) is 0. The van der Waals surface area contributed by atoms with E-state index in [1.54, 1.807) is 0 Å². The molecule has 6 nitrogen and oxygen atoms in total. The second-order valence-corrected chi connectivity index (χ2v) is 2.48. The van der Waals surface area contributed by atoms with E-state index in [2.05, 4.69) is 0 Å². The van der Waals surface area contributed by atoms with Gasteiger partial charge in [0.2, 0.25) is 5.76 Å². The molecule has 1 aromatic carbocycles. The van der Waals surface area contributed by atoms with Crippen LogP contribution in [0, 0.1) is 10.1 Å². The molecule has 3 N–H and O–H groups in total. The van der Waals surface area contributed by atoms with Crippen molar-refractivity contribution in [2.75, 3.05) is 0 Å². The summed E-state index contributed by atoms with van der Waals surface area (Å²) in [6, 6.07) is 4.71. The third-order valence-electron chi connectivity index (χ3n) is 1.56. The Hall–Kier alpha value is -2.24. The van der Waals surface area contributed by atoms with Crippen molar-refractivity contribution in [1.29, 1.82) is 0 Å². The second kappa shape index (κ2) is 3.65. The molecule has 0 fully saturated rings. The summed E-state index contributed by atoms with van der Waals surface area (Å²) >= 11 is 0. The molecular formula is C8H7NO5. The van der Waals surface area contributed by atoms with Gasteiger partial charge in [0.1, 0.15) is 0 Å². The van der Waals surface area contributed by atoms with Gasteiger partial charge in [-0.25, -0.2) is 0 Å². The van der Waals surface area contributed by atoms with Crippen LogP contribution in [-0.2, 0) is 0 Å². The van der Waals surface area contributed by atoms with Crippen LogP contribution in [0.4, 0.5) is 5.69 Å². The number of nitrogens with zero attached hydrogens (tertiary/aromatic N) is 1. The fourth-order valence-corrected chi connectivity index (χ4v) is 0.870. The topological polar surface area (TPSA) is 104 Å². The first-order valence-electron chi connectivity index (χ1n) is 3.58. The first-order valence-corrected chi connectivity index (χ1v) is 3.58. The molecule has 0 aromatic heterocycles. The number of hydrogen-bond donors (Lipinski definition) is 3. The lowest BCUT2D eigenvalue weighted by molar-refractivity contribution is -0.384. The Bertz CT molecular complexity index is 377. The van der Waals surface area contributed by atoms with Crippen molar-refractivity contribution in [2.24, 2.45) is 0 Å². The number of aliphatic hydroxyl groups excluding tert-OH is 2. The highest BCUT2D eigenvalue weighted by Gasteiger charge is 2.08. The molecule has 0 atom stereocenters. The molecule has 1 rings (SSSR count). The maximum absolute atomic E-state index is 10.2. The van der Waals surface area contributed by atoms with Crippen LogP contribution in [0.15, 0.2) is 30.2 Å². The fourth-order valence-electron chi connectivity index (χ4n) is 0.870. The summed E-state index contributed by atoms with van der Waals surface area (Å²) < 4.78 is 0. The van der Waals surface area contributed by atoms with Crippen LogP contribution in [0.1, 0.15) is 5.56 Å². The van der Waals surface area contributed by atoms with Crippen LogP contribution in [0.3, 0.4) is 0 Å². The number of nitro groups is 1. The minimum Gasteiger partial charge on any atom is -0.502 e. The first-order chi connectivity index (χ1) is 6.52. The SMILES string of the molecule is O=[N+]([O-])c1ccc(C(O)=C(O)O)cc1. The average molecular weight is 197 g/mol. The smallest absolute Gasteiger partial charge is 0.318 e. The minimum atomic E-state index is -1.22. The van der Waals surface area contributed by atoms with Gasteiger partial charge < -0.3 is 15.3 Å². The van der Waals surface area contributed by atoms with Crippen molar-refractivity contribution in [3.8, 4) is 0 Å². The van der Waals surface area contributed by atoms with E-state index in [0.717, 1.165) is 12.1 Å². The molecule has 74 valence electrons. The number of hydrogen-bond acceptors (Lipinski definition) is 5. The van der Waals surface area contributed by atoms with Crippen LogP contribution in [-0.4, -0.2) is 20.2 Å². The van der Waals surface area contributed by atoms with Gasteiger partial charge in [0.05, 0.1) is 4.92 Å². The zero-order chi connectivity index (χ0) is 10.7. The molecule has 0 spiro atoms. The van der Waals surface area contributed by atoms with Crippen LogP contribution in [0.2, 0.25) is 0 Å². The van der Waals surface area contributed by atoms with Gasteiger partial charge >= 0.3 is 5.95 Å². The zero-order valence-corrected chi connectivity index (χ0v) is 6.91. The van der Waals surface area contributed by atoms with Gasteiger partial charge in [-0.2, -0.15) is 0 Å².